The van der Waals surface area contributed by atoms with E-state index >= 15 is 0 Å². The largest absolute Gasteiger partial charge is 0.384 e. The van der Waals surface area contributed by atoms with E-state index in [-0.39, 0.29) is 11.8 Å². The molecule has 104 valence electrons. The molecule has 3 rings (SSSR count). The minimum Gasteiger partial charge on any atom is -0.384 e. The summed E-state index contributed by atoms with van der Waals surface area (Å²) in [6, 6.07) is 8.13. The first-order valence-corrected chi connectivity index (χ1v) is 6.67. The number of amides is 1. The van der Waals surface area contributed by atoms with Crippen molar-refractivity contribution in [1.29, 1.82) is 0 Å². The summed E-state index contributed by atoms with van der Waals surface area (Å²) in [6.07, 6.45) is 2.37. The number of aromatic nitrogens is 2. The summed E-state index contributed by atoms with van der Waals surface area (Å²) in [4.78, 5) is 15.8. The third kappa shape index (κ3) is 2.79. The van der Waals surface area contributed by atoms with Gasteiger partial charge in [0.1, 0.15) is 0 Å². The number of rotatable bonds is 5. The number of fused-ring (bicyclic) bond motifs is 1. The first-order chi connectivity index (χ1) is 9.83. The highest BCUT2D eigenvalue weighted by molar-refractivity contribution is 5.78. The highest BCUT2D eigenvalue weighted by atomic mass is 16.5. The van der Waals surface area contributed by atoms with Crippen LogP contribution in [0.4, 0.5) is 5.69 Å². The molecule has 1 aliphatic rings. The number of hydrogen-bond acceptors (Lipinski definition) is 5. The number of carbonyl (C=O) groups is 1. The molecule has 20 heavy (non-hydrogen) atoms. The molecule has 1 aromatic carbocycles. The van der Waals surface area contributed by atoms with Gasteiger partial charge in [0.25, 0.3) is 0 Å². The van der Waals surface area contributed by atoms with E-state index in [2.05, 4.69) is 31.4 Å². The van der Waals surface area contributed by atoms with Crippen LogP contribution in [0.25, 0.3) is 0 Å². The lowest BCUT2D eigenvalue weighted by Gasteiger charge is -2.10. The minimum absolute atomic E-state index is 0.0528. The minimum atomic E-state index is 0.0528. The van der Waals surface area contributed by atoms with Gasteiger partial charge in [0.15, 0.2) is 5.82 Å². The van der Waals surface area contributed by atoms with Gasteiger partial charge in [-0.25, -0.2) is 0 Å². The monoisotopic (exact) mass is 272 g/mol. The van der Waals surface area contributed by atoms with Gasteiger partial charge in [0.2, 0.25) is 12.3 Å². The molecule has 0 fully saturated rings. The Kier molecular flexibility index (Phi) is 3.62. The van der Waals surface area contributed by atoms with Crippen molar-refractivity contribution in [1.82, 2.24) is 15.5 Å². The maximum Gasteiger partial charge on any atom is 0.220 e. The van der Waals surface area contributed by atoms with Gasteiger partial charge in [-0.2, -0.15) is 4.98 Å². The van der Waals surface area contributed by atoms with Crippen LogP contribution >= 0.6 is 0 Å². The Morgan fingerprint density at radius 2 is 2.35 bits per heavy atom. The average Bonchev–Trinajstić information content (AvgIpc) is 3.09. The number of anilines is 1. The van der Waals surface area contributed by atoms with E-state index < -0.39 is 0 Å². The highest BCUT2D eigenvalue weighted by Crippen LogP contribution is 2.32. The number of para-hydroxylation sites is 1. The summed E-state index contributed by atoms with van der Waals surface area (Å²) < 4.78 is 4.64. The molecule has 1 unspecified atom stereocenters. The third-order valence-corrected chi connectivity index (χ3v) is 3.45. The lowest BCUT2D eigenvalue weighted by atomic mass is 9.97. The Balaban J connectivity index is 1.48. The van der Waals surface area contributed by atoms with Crippen molar-refractivity contribution in [3.63, 3.8) is 0 Å². The lowest BCUT2D eigenvalue weighted by Crippen LogP contribution is -2.27. The molecule has 1 amide bonds. The molecule has 0 radical (unpaired) electrons. The van der Waals surface area contributed by atoms with Crippen LogP contribution in [0, 0.1) is 0 Å². The van der Waals surface area contributed by atoms with Crippen LogP contribution in [-0.4, -0.2) is 29.1 Å². The van der Waals surface area contributed by atoms with Crippen molar-refractivity contribution < 1.29 is 9.32 Å². The molecule has 0 spiro atoms. The number of carbonyl (C=O) groups excluding carboxylic acids is 1. The van der Waals surface area contributed by atoms with Crippen molar-refractivity contribution in [3.05, 3.63) is 42.0 Å². The van der Waals surface area contributed by atoms with E-state index in [1.807, 2.05) is 18.2 Å². The molecule has 2 heterocycles. The molecule has 1 atom stereocenters. The van der Waals surface area contributed by atoms with Gasteiger partial charge in [-0.3, -0.25) is 4.79 Å². The van der Waals surface area contributed by atoms with Crippen LogP contribution in [0.15, 0.2) is 35.2 Å². The standard InChI is InChI=1S/C14H16N4O2/c19-14(15-6-5-13-17-9-20-18-13)7-10-8-16-12-4-2-1-3-11(10)12/h1-4,9-10,16H,5-8H2,(H,15,19). The summed E-state index contributed by atoms with van der Waals surface area (Å²) in [5, 5.41) is 9.91. The summed E-state index contributed by atoms with van der Waals surface area (Å²) in [5.74, 6) is 0.909. The predicted molar refractivity (Wildman–Crippen MR) is 73.3 cm³/mol. The van der Waals surface area contributed by atoms with E-state index in [4.69, 9.17) is 0 Å². The van der Waals surface area contributed by atoms with Crippen LogP contribution < -0.4 is 10.6 Å². The summed E-state index contributed by atoms with van der Waals surface area (Å²) >= 11 is 0. The van der Waals surface area contributed by atoms with Crippen LogP contribution in [0.5, 0.6) is 0 Å². The third-order valence-electron chi connectivity index (χ3n) is 3.45. The Labute approximate surface area is 116 Å². The van der Waals surface area contributed by atoms with Gasteiger partial charge >= 0.3 is 0 Å². The molecule has 0 bridgehead atoms. The second-order valence-corrected chi connectivity index (χ2v) is 4.82. The van der Waals surface area contributed by atoms with Gasteiger partial charge in [0, 0.05) is 37.5 Å². The Morgan fingerprint density at radius 3 is 3.20 bits per heavy atom. The van der Waals surface area contributed by atoms with Crippen molar-refractivity contribution in [2.24, 2.45) is 0 Å². The van der Waals surface area contributed by atoms with Crippen molar-refractivity contribution in [2.45, 2.75) is 18.8 Å². The zero-order valence-electron chi connectivity index (χ0n) is 11.0. The first kappa shape index (κ1) is 12.7. The quantitative estimate of drug-likeness (QED) is 0.858. The van der Waals surface area contributed by atoms with E-state index in [0.29, 0.717) is 25.2 Å². The molecule has 2 N–H and O–H groups in total. The number of hydrogen-bond donors (Lipinski definition) is 2. The molecule has 6 heteroatoms. The molecule has 0 saturated carbocycles. The number of nitrogens with one attached hydrogen (secondary N) is 2. The van der Waals surface area contributed by atoms with Gasteiger partial charge in [-0.1, -0.05) is 23.4 Å². The van der Waals surface area contributed by atoms with E-state index in [0.717, 1.165) is 12.2 Å². The normalized spacial score (nSPS) is 16.5. The molecule has 1 aromatic heterocycles. The lowest BCUT2D eigenvalue weighted by molar-refractivity contribution is -0.121. The van der Waals surface area contributed by atoms with Crippen LogP contribution in [0.1, 0.15) is 23.7 Å². The molecular weight excluding hydrogens is 256 g/mol. The highest BCUT2D eigenvalue weighted by Gasteiger charge is 2.23. The average molecular weight is 272 g/mol. The molecule has 2 aromatic rings. The molecular formula is C14H16N4O2. The second-order valence-electron chi connectivity index (χ2n) is 4.82. The van der Waals surface area contributed by atoms with Crippen LogP contribution in [0.2, 0.25) is 0 Å². The molecule has 6 nitrogen and oxygen atoms in total. The Morgan fingerprint density at radius 1 is 1.45 bits per heavy atom. The van der Waals surface area contributed by atoms with Crippen LogP contribution in [0.3, 0.4) is 0 Å². The number of benzene rings is 1. The summed E-state index contributed by atoms with van der Waals surface area (Å²) in [6.45, 7) is 1.35. The Bertz CT molecular complexity index is 583. The molecule has 0 saturated heterocycles. The van der Waals surface area contributed by atoms with Crippen molar-refractivity contribution in [3.8, 4) is 0 Å². The van der Waals surface area contributed by atoms with Crippen molar-refractivity contribution in [2.75, 3.05) is 18.4 Å². The van der Waals surface area contributed by atoms with Gasteiger partial charge in [-0.05, 0) is 11.6 Å². The fraction of sp³-hybridized carbons (Fsp3) is 0.357. The first-order valence-electron chi connectivity index (χ1n) is 6.67. The van der Waals surface area contributed by atoms with Gasteiger partial charge < -0.3 is 15.2 Å². The van der Waals surface area contributed by atoms with Gasteiger partial charge in [0.05, 0.1) is 0 Å². The van der Waals surface area contributed by atoms with Crippen LogP contribution in [-0.2, 0) is 11.2 Å². The topological polar surface area (TPSA) is 80.0 Å². The zero-order valence-corrected chi connectivity index (χ0v) is 11.0. The fourth-order valence-electron chi connectivity index (χ4n) is 2.45. The smallest absolute Gasteiger partial charge is 0.220 e. The SMILES string of the molecule is O=C(CC1CNc2ccccc21)NCCc1ncon1. The summed E-state index contributed by atoms with van der Waals surface area (Å²) in [7, 11) is 0. The summed E-state index contributed by atoms with van der Waals surface area (Å²) in [5.41, 5.74) is 2.36. The predicted octanol–water partition coefficient (Wildman–Crippen LogP) is 1.33. The second kappa shape index (κ2) is 5.73. The zero-order chi connectivity index (χ0) is 13.8. The van der Waals surface area contributed by atoms with E-state index in [1.54, 1.807) is 0 Å². The molecule has 1 aliphatic heterocycles. The van der Waals surface area contributed by atoms with E-state index in [9.17, 15) is 4.79 Å². The fourth-order valence-corrected chi connectivity index (χ4v) is 2.45. The van der Waals surface area contributed by atoms with Gasteiger partial charge in [-0.15, -0.1) is 0 Å². The molecule has 0 aliphatic carbocycles. The maximum absolute atomic E-state index is 11.9. The number of nitrogens with zero attached hydrogens (tertiary/aromatic N) is 2. The van der Waals surface area contributed by atoms with Crippen molar-refractivity contribution >= 4 is 11.6 Å². The maximum atomic E-state index is 11.9. The van der Waals surface area contributed by atoms with E-state index in [1.165, 1.54) is 12.0 Å². The Hall–Kier alpha value is -2.37.